The van der Waals surface area contributed by atoms with Crippen molar-refractivity contribution in [1.29, 1.82) is 0 Å². The van der Waals surface area contributed by atoms with Crippen LogP contribution in [-0.4, -0.2) is 32.8 Å². The molecule has 0 bridgehead atoms. The normalized spacial score (nSPS) is 11.2. The van der Waals surface area contributed by atoms with Crippen molar-refractivity contribution in [2.45, 2.75) is 33.9 Å². The van der Waals surface area contributed by atoms with Crippen LogP contribution in [0.3, 0.4) is 0 Å². The Kier molecular flexibility index (Phi) is 6.37. The topological polar surface area (TPSA) is 72.2 Å². The number of aryl methyl sites for hydroxylation is 2. The van der Waals surface area contributed by atoms with E-state index in [0.717, 1.165) is 33.5 Å². The molecular weight excluding hydrogens is 407 g/mol. The molecular formula is C25H27FN4O2. The number of fused-ring (bicyclic) bond motifs is 1. The average Bonchev–Trinajstić information content (AvgIpc) is 3.14. The van der Waals surface area contributed by atoms with Gasteiger partial charge >= 0.3 is 0 Å². The van der Waals surface area contributed by atoms with Gasteiger partial charge in [-0.2, -0.15) is 0 Å². The molecule has 0 unspecified atom stereocenters. The summed E-state index contributed by atoms with van der Waals surface area (Å²) in [5.74, 6) is 1.12. The molecule has 6 nitrogen and oxygen atoms in total. The van der Waals surface area contributed by atoms with E-state index in [9.17, 15) is 9.50 Å². The minimum atomic E-state index is -0.209. The van der Waals surface area contributed by atoms with Gasteiger partial charge in [-0.3, -0.25) is 0 Å². The number of nitrogens with zero attached hydrogens (tertiary/aromatic N) is 3. The Labute approximate surface area is 186 Å². The van der Waals surface area contributed by atoms with Crippen molar-refractivity contribution < 1.29 is 14.2 Å². The molecule has 0 amide bonds. The van der Waals surface area contributed by atoms with Crippen LogP contribution < -0.4 is 10.1 Å². The maximum Gasteiger partial charge on any atom is 0.147 e. The van der Waals surface area contributed by atoms with E-state index >= 15 is 0 Å². The monoisotopic (exact) mass is 434 g/mol. The van der Waals surface area contributed by atoms with E-state index in [1.54, 1.807) is 0 Å². The zero-order valence-corrected chi connectivity index (χ0v) is 18.5. The van der Waals surface area contributed by atoms with Gasteiger partial charge in [-0.05, 0) is 44.5 Å². The number of aromatic nitrogens is 3. The number of hydrogen-bond acceptors (Lipinski definition) is 5. The molecule has 2 heterocycles. The molecule has 4 rings (SSSR count). The first-order valence-corrected chi connectivity index (χ1v) is 10.7. The molecule has 4 aromatic rings. The SMILES string of the molecule is CCOc1cc(-c2cc(NCCn3c(C)cc4c(C)ccc(F)c43)ncn2)ccc1CO. The number of anilines is 1. The Morgan fingerprint density at radius 2 is 1.94 bits per heavy atom. The Morgan fingerprint density at radius 3 is 2.72 bits per heavy atom. The van der Waals surface area contributed by atoms with E-state index in [0.29, 0.717) is 36.8 Å². The standard InChI is InChI=1S/C25H27FN4O2/c1-4-32-23-12-18(6-7-19(23)14-31)22-13-24(29-15-28-22)27-9-10-30-17(3)11-20-16(2)5-8-21(26)25(20)30/h5-8,11-13,15,31H,4,9-10,14H2,1-3H3,(H,27,28,29). The zero-order valence-electron chi connectivity index (χ0n) is 18.5. The first-order chi connectivity index (χ1) is 15.5. The van der Waals surface area contributed by atoms with Gasteiger partial charge in [-0.1, -0.05) is 18.2 Å². The Hall–Kier alpha value is -3.45. The van der Waals surface area contributed by atoms with Gasteiger partial charge in [-0.15, -0.1) is 0 Å². The lowest BCUT2D eigenvalue weighted by Gasteiger charge is -2.12. The molecule has 0 aliphatic carbocycles. The van der Waals surface area contributed by atoms with Crippen molar-refractivity contribution in [3.63, 3.8) is 0 Å². The van der Waals surface area contributed by atoms with Crippen LogP contribution in [0.5, 0.6) is 5.75 Å². The highest BCUT2D eigenvalue weighted by molar-refractivity contribution is 5.85. The smallest absolute Gasteiger partial charge is 0.147 e. The third-order valence-corrected chi connectivity index (χ3v) is 5.58. The van der Waals surface area contributed by atoms with E-state index in [1.807, 2.05) is 61.7 Å². The summed E-state index contributed by atoms with van der Waals surface area (Å²) >= 11 is 0. The predicted molar refractivity (Wildman–Crippen MR) is 124 cm³/mol. The molecule has 0 fully saturated rings. The van der Waals surface area contributed by atoms with Gasteiger partial charge in [0, 0.05) is 41.4 Å². The van der Waals surface area contributed by atoms with E-state index in [4.69, 9.17) is 4.74 Å². The van der Waals surface area contributed by atoms with Gasteiger partial charge < -0.3 is 19.7 Å². The van der Waals surface area contributed by atoms with Gasteiger partial charge in [0.25, 0.3) is 0 Å². The summed E-state index contributed by atoms with van der Waals surface area (Å²) < 4.78 is 22.1. The third kappa shape index (κ3) is 4.29. The van der Waals surface area contributed by atoms with Crippen LogP contribution in [0.1, 0.15) is 23.7 Å². The summed E-state index contributed by atoms with van der Waals surface area (Å²) in [7, 11) is 0. The van der Waals surface area contributed by atoms with Crippen molar-refractivity contribution in [1.82, 2.24) is 14.5 Å². The van der Waals surface area contributed by atoms with Crippen LogP contribution in [0.4, 0.5) is 10.2 Å². The first-order valence-electron chi connectivity index (χ1n) is 10.7. The van der Waals surface area contributed by atoms with Crippen LogP contribution >= 0.6 is 0 Å². The molecule has 0 aliphatic rings. The van der Waals surface area contributed by atoms with Gasteiger partial charge in [0.1, 0.15) is 23.7 Å². The summed E-state index contributed by atoms with van der Waals surface area (Å²) in [6.07, 6.45) is 1.51. The van der Waals surface area contributed by atoms with Crippen LogP contribution in [0, 0.1) is 19.7 Å². The van der Waals surface area contributed by atoms with Crippen LogP contribution in [0.15, 0.2) is 48.8 Å². The van der Waals surface area contributed by atoms with Crippen molar-refractivity contribution in [3.05, 3.63) is 71.4 Å². The number of benzene rings is 2. The fourth-order valence-electron chi connectivity index (χ4n) is 3.93. The fourth-order valence-corrected chi connectivity index (χ4v) is 3.93. The Morgan fingerprint density at radius 1 is 1.09 bits per heavy atom. The molecule has 0 atom stereocenters. The maximum atomic E-state index is 14.5. The second kappa shape index (κ2) is 9.36. The van der Waals surface area contributed by atoms with Crippen molar-refractivity contribution in [3.8, 4) is 17.0 Å². The lowest BCUT2D eigenvalue weighted by Crippen LogP contribution is -2.13. The number of nitrogens with one attached hydrogen (secondary N) is 1. The number of aliphatic hydroxyl groups is 1. The summed E-state index contributed by atoms with van der Waals surface area (Å²) in [5.41, 5.74) is 5.08. The minimum absolute atomic E-state index is 0.0835. The van der Waals surface area contributed by atoms with Crippen molar-refractivity contribution >= 4 is 16.7 Å². The predicted octanol–water partition coefficient (Wildman–Crippen LogP) is 4.86. The van der Waals surface area contributed by atoms with E-state index in [1.165, 1.54) is 12.4 Å². The van der Waals surface area contributed by atoms with E-state index in [-0.39, 0.29) is 12.4 Å². The minimum Gasteiger partial charge on any atom is -0.493 e. The average molecular weight is 435 g/mol. The zero-order chi connectivity index (χ0) is 22.7. The van der Waals surface area contributed by atoms with Gasteiger partial charge in [-0.25, -0.2) is 14.4 Å². The van der Waals surface area contributed by atoms with Gasteiger partial charge in [0.15, 0.2) is 0 Å². The highest BCUT2D eigenvalue weighted by Gasteiger charge is 2.12. The highest BCUT2D eigenvalue weighted by atomic mass is 19.1. The number of ether oxygens (including phenoxy) is 1. The first kappa shape index (κ1) is 21.8. The van der Waals surface area contributed by atoms with Gasteiger partial charge in [0.2, 0.25) is 0 Å². The summed E-state index contributed by atoms with van der Waals surface area (Å²) in [6.45, 7) is 7.52. The molecule has 32 heavy (non-hydrogen) atoms. The Bertz CT molecular complexity index is 1250. The summed E-state index contributed by atoms with van der Waals surface area (Å²) in [4.78, 5) is 8.69. The molecule has 2 aromatic carbocycles. The van der Waals surface area contributed by atoms with Crippen molar-refractivity contribution in [2.75, 3.05) is 18.5 Å². The van der Waals surface area contributed by atoms with Gasteiger partial charge in [0.05, 0.1) is 24.4 Å². The lowest BCUT2D eigenvalue weighted by atomic mass is 10.1. The molecule has 0 radical (unpaired) electrons. The van der Waals surface area contributed by atoms with Crippen LogP contribution in [0.25, 0.3) is 22.2 Å². The molecule has 0 spiro atoms. The largest absolute Gasteiger partial charge is 0.493 e. The maximum absolute atomic E-state index is 14.5. The number of halogens is 1. The van der Waals surface area contributed by atoms with Crippen molar-refractivity contribution in [2.24, 2.45) is 0 Å². The molecule has 7 heteroatoms. The second-order valence-corrected chi connectivity index (χ2v) is 7.69. The molecule has 2 aromatic heterocycles. The number of rotatable bonds is 8. The van der Waals surface area contributed by atoms with E-state index < -0.39 is 0 Å². The lowest BCUT2D eigenvalue weighted by molar-refractivity contribution is 0.267. The number of hydrogen-bond donors (Lipinski definition) is 2. The van der Waals surface area contributed by atoms with E-state index in [2.05, 4.69) is 15.3 Å². The van der Waals surface area contributed by atoms with Crippen LogP contribution in [-0.2, 0) is 13.2 Å². The molecule has 166 valence electrons. The number of aliphatic hydroxyl groups excluding tert-OH is 1. The fraction of sp³-hybridized carbons (Fsp3) is 0.280. The molecule has 0 aliphatic heterocycles. The second-order valence-electron chi connectivity index (χ2n) is 7.69. The van der Waals surface area contributed by atoms with Crippen LogP contribution in [0.2, 0.25) is 0 Å². The summed E-state index contributed by atoms with van der Waals surface area (Å²) in [6, 6.07) is 12.9. The molecule has 2 N–H and O–H groups in total. The Balaban J connectivity index is 1.51. The molecule has 0 saturated carbocycles. The molecule has 0 saturated heterocycles. The third-order valence-electron chi connectivity index (χ3n) is 5.58. The quantitative estimate of drug-likeness (QED) is 0.415. The summed E-state index contributed by atoms with van der Waals surface area (Å²) in [5, 5.41) is 13.8. The highest BCUT2D eigenvalue weighted by Crippen LogP contribution is 2.28.